The zero-order valence-corrected chi connectivity index (χ0v) is 15.1. The van der Waals surface area contributed by atoms with Crippen LogP contribution in [-0.4, -0.2) is 30.2 Å². The quantitative estimate of drug-likeness (QED) is 0.721. The molecule has 4 nitrogen and oxygen atoms in total. The average Bonchev–Trinajstić information content (AvgIpc) is 2.88. The molecule has 0 bridgehead atoms. The Morgan fingerprint density at radius 2 is 2.08 bits per heavy atom. The van der Waals surface area contributed by atoms with Gasteiger partial charge in [-0.2, -0.15) is 0 Å². The predicted molar refractivity (Wildman–Crippen MR) is 94.5 cm³/mol. The summed E-state index contributed by atoms with van der Waals surface area (Å²) >= 11 is 6.34. The number of rotatable bonds is 6. The maximum absolute atomic E-state index is 11.7. The lowest BCUT2D eigenvalue weighted by molar-refractivity contribution is 0.137. The van der Waals surface area contributed by atoms with Gasteiger partial charge in [-0.25, -0.2) is 4.79 Å². The second-order valence-corrected chi connectivity index (χ2v) is 7.39. The molecule has 1 saturated carbocycles. The van der Waals surface area contributed by atoms with E-state index in [1.165, 1.54) is 32.1 Å². The van der Waals surface area contributed by atoms with E-state index in [2.05, 4.69) is 0 Å². The summed E-state index contributed by atoms with van der Waals surface area (Å²) in [6, 6.07) is 5.76. The molecular weight excluding hydrogens is 326 g/mol. The maximum Gasteiger partial charge on any atom is 0.410 e. The number of carbonyl (C=O) groups is 1. The molecular formula is C19H26ClNO3. The number of benzene rings is 1. The van der Waals surface area contributed by atoms with E-state index in [0.717, 1.165) is 30.3 Å². The average molecular weight is 352 g/mol. The minimum atomic E-state index is -0.258. The summed E-state index contributed by atoms with van der Waals surface area (Å²) in [4.78, 5) is 13.4. The van der Waals surface area contributed by atoms with E-state index < -0.39 is 0 Å². The van der Waals surface area contributed by atoms with E-state index in [4.69, 9.17) is 21.1 Å². The van der Waals surface area contributed by atoms with Gasteiger partial charge in [0, 0.05) is 6.54 Å². The predicted octanol–water partition coefficient (Wildman–Crippen LogP) is 5.03. The molecule has 1 atom stereocenters. The molecule has 0 radical (unpaired) electrons. The Morgan fingerprint density at radius 1 is 1.29 bits per heavy atom. The van der Waals surface area contributed by atoms with Crippen LogP contribution in [0, 0.1) is 5.92 Å². The minimum absolute atomic E-state index is 0.0460. The van der Waals surface area contributed by atoms with Gasteiger partial charge in [0.2, 0.25) is 0 Å². The second kappa shape index (κ2) is 8.11. The summed E-state index contributed by atoms with van der Waals surface area (Å²) in [5, 5.41) is 0.608. The summed E-state index contributed by atoms with van der Waals surface area (Å²) in [5.74, 6) is 1.54. The molecule has 1 saturated heterocycles. The minimum Gasteiger partial charge on any atom is -0.492 e. The van der Waals surface area contributed by atoms with Crippen LogP contribution in [0.3, 0.4) is 0 Å². The molecule has 1 amide bonds. The van der Waals surface area contributed by atoms with Gasteiger partial charge in [0.15, 0.2) is 0 Å². The highest BCUT2D eigenvalue weighted by Gasteiger charge is 2.28. The van der Waals surface area contributed by atoms with Crippen molar-refractivity contribution in [2.45, 2.75) is 58.1 Å². The fourth-order valence-electron chi connectivity index (χ4n) is 3.59. The third kappa shape index (κ3) is 4.56. The lowest BCUT2D eigenvalue weighted by atomic mass is 9.87. The van der Waals surface area contributed by atoms with E-state index in [0.29, 0.717) is 18.1 Å². The Bertz CT molecular complexity index is 572. The Morgan fingerprint density at radius 3 is 2.75 bits per heavy atom. The van der Waals surface area contributed by atoms with Crippen LogP contribution in [-0.2, 0) is 11.3 Å². The van der Waals surface area contributed by atoms with E-state index >= 15 is 0 Å². The van der Waals surface area contributed by atoms with Crippen molar-refractivity contribution in [3.8, 4) is 5.75 Å². The van der Waals surface area contributed by atoms with Crippen molar-refractivity contribution in [2.24, 2.45) is 5.92 Å². The molecule has 1 aromatic carbocycles. The summed E-state index contributed by atoms with van der Waals surface area (Å²) in [6.07, 6.45) is 7.57. The fraction of sp³-hybridized carbons (Fsp3) is 0.632. The van der Waals surface area contributed by atoms with Gasteiger partial charge < -0.3 is 14.4 Å². The molecule has 1 aliphatic carbocycles. The van der Waals surface area contributed by atoms with Gasteiger partial charge in [0.05, 0.1) is 18.2 Å². The summed E-state index contributed by atoms with van der Waals surface area (Å²) in [6.45, 7) is 3.76. The molecule has 0 spiro atoms. The number of nitrogens with zero attached hydrogens (tertiary/aromatic N) is 1. The third-order valence-corrected chi connectivity index (χ3v) is 5.21. The molecule has 3 rings (SSSR count). The molecule has 132 valence electrons. The number of amides is 1. The Hall–Kier alpha value is -1.42. The van der Waals surface area contributed by atoms with Crippen LogP contribution in [0.4, 0.5) is 4.79 Å². The molecule has 2 aliphatic rings. The van der Waals surface area contributed by atoms with Crippen LogP contribution in [0.5, 0.6) is 5.75 Å². The fourth-order valence-corrected chi connectivity index (χ4v) is 3.85. The van der Waals surface area contributed by atoms with Gasteiger partial charge in [-0.05, 0) is 37.0 Å². The first kappa shape index (κ1) is 17.4. The Labute approximate surface area is 149 Å². The van der Waals surface area contributed by atoms with Gasteiger partial charge >= 0.3 is 6.09 Å². The number of hydrogen-bond donors (Lipinski definition) is 0. The van der Waals surface area contributed by atoms with Gasteiger partial charge in [-0.15, -0.1) is 0 Å². The first-order chi connectivity index (χ1) is 11.6. The molecule has 24 heavy (non-hydrogen) atoms. The van der Waals surface area contributed by atoms with Gasteiger partial charge in [-0.1, -0.05) is 49.8 Å². The van der Waals surface area contributed by atoms with E-state index in [-0.39, 0.29) is 12.2 Å². The molecule has 2 fully saturated rings. The van der Waals surface area contributed by atoms with Crippen LogP contribution >= 0.6 is 11.6 Å². The molecule has 0 N–H and O–H groups in total. The SMILES string of the molecule is C[C@@H]1CN(Cc2ccc(OCCC3CCCCC3)c(Cl)c2)C(=O)O1. The lowest BCUT2D eigenvalue weighted by Gasteiger charge is -2.21. The number of halogens is 1. The zero-order valence-electron chi connectivity index (χ0n) is 14.3. The van der Waals surface area contributed by atoms with E-state index in [1.54, 1.807) is 4.90 Å². The molecule has 5 heteroatoms. The monoisotopic (exact) mass is 351 g/mol. The summed E-state index contributed by atoms with van der Waals surface area (Å²) in [5.41, 5.74) is 0.991. The van der Waals surface area contributed by atoms with Gasteiger partial charge in [-0.3, -0.25) is 0 Å². The molecule has 0 unspecified atom stereocenters. The third-order valence-electron chi connectivity index (χ3n) is 4.92. The maximum atomic E-state index is 11.7. The zero-order chi connectivity index (χ0) is 16.9. The largest absolute Gasteiger partial charge is 0.492 e. The molecule has 1 heterocycles. The highest BCUT2D eigenvalue weighted by molar-refractivity contribution is 6.32. The van der Waals surface area contributed by atoms with Crippen molar-refractivity contribution in [2.75, 3.05) is 13.2 Å². The van der Waals surface area contributed by atoms with Crippen molar-refractivity contribution >= 4 is 17.7 Å². The van der Waals surface area contributed by atoms with E-state index in [1.807, 2.05) is 25.1 Å². The normalized spacial score (nSPS) is 21.8. The van der Waals surface area contributed by atoms with Crippen LogP contribution in [0.1, 0.15) is 51.0 Å². The van der Waals surface area contributed by atoms with Crippen molar-refractivity contribution in [3.63, 3.8) is 0 Å². The first-order valence-electron chi connectivity index (χ1n) is 8.98. The Balaban J connectivity index is 1.49. The van der Waals surface area contributed by atoms with Crippen LogP contribution < -0.4 is 4.74 Å². The summed E-state index contributed by atoms with van der Waals surface area (Å²) in [7, 11) is 0. The van der Waals surface area contributed by atoms with E-state index in [9.17, 15) is 4.79 Å². The van der Waals surface area contributed by atoms with Crippen molar-refractivity contribution in [1.82, 2.24) is 4.90 Å². The van der Waals surface area contributed by atoms with Crippen molar-refractivity contribution in [3.05, 3.63) is 28.8 Å². The standard InChI is InChI=1S/C19H26ClNO3/c1-14-12-21(19(22)24-14)13-16-7-8-18(17(20)11-16)23-10-9-15-5-3-2-4-6-15/h7-8,11,14-15H,2-6,9-10,12-13H2,1H3/t14-/m1/s1. The van der Waals surface area contributed by atoms with Crippen LogP contribution in [0.2, 0.25) is 5.02 Å². The first-order valence-corrected chi connectivity index (χ1v) is 9.36. The highest BCUT2D eigenvalue weighted by atomic mass is 35.5. The summed E-state index contributed by atoms with van der Waals surface area (Å²) < 4.78 is 11.0. The smallest absolute Gasteiger partial charge is 0.410 e. The topological polar surface area (TPSA) is 38.8 Å². The van der Waals surface area contributed by atoms with Crippen LogP contribution in [0.15, 0.2) is 18.2 Å². The number of cyclic esters (lactones) is 1. The van der Waals surface area contributed by atoms with Crippen molar-refractivity contribution in [1.29, 1.82) is 0 Å². The van der Waals surface area contributed by atoms with Crippen LogP contribution in [0.25, 0.3) is 0 Å². The van der Waals surface area contributed by atoms with Crippen molar-refractivity contribution < 1.29 is 14.3 Å². The van der Waals surface area contributed by atoms with Gasteiger partial charge in [0.1, 0.15) is 11.9 Å². The number of hydrogen-bond acceptors (Lipinski definition) is 3. The molecule has 0 aromatic heterocycles. The Kier molecular flexibility index (Phi) is 5.88. The second-order valence-electron chi connectivity index (χ2n) is 6.98. The van der Waals surface area contributed by atoms with Gasteiger partial charge in [0.25, 0.3) is 0 Å². The number of carbonyl (C=O) groups excluding carboxylic acids is 1. The highest BCUT2D eigenvalue weighted by Crippen LogP contribution is 2.29. The molecule has 1 aromatic rings. The molecule has 1 aliphatic heterocycles. The lowest BCUT2D eigenvalue weighted by Crippen LogP contribution is -2.24. The number of ether oxygens (including phenoxy) is 2.